The monoisotopic (exact) mass is 97.0 g/mol. The Labute approximate surface area is 40.9 Å². The van der Waals surface area contributed by atoms with E-state index in [0.717, 1.165) is 7.48 Å². The first-order valence-electron chi connectivity index (χ1n) is 1.84. The lowest BCUT2D eigenvalue weighted by Crippen LogP contribution is -1.97. The summed E-state index contributed by atoms with van der Waals surface area (Å²) in [5, 5.41) is 0. The molecular weight excluding hydrogens is 94.8 g/mol. The third-order valence-electron chi connectivity index (χ3n) is 0.640. The molecule has 0 aromatic heterocycles. The topological polar surface area (TPSA) is 43.4 Å². The number of hydrogen-bond acceptors (Lipinski definition) is 3. The van der Waals surface area contributed by atoms with Gasteiger partial charge in [-0.05, 0) is 0 Å². The second-order valence-electron chi connectivity index (χ2n) is 1.25. The van der Waals surface area contributed by atoms with Crippen molar-refractivity contribution in [3.8, 4) is 0 Å². The molecule has 35 valence electrons. The average molecular weight is 96.9 g/mol. The van der Waals surface area contributed by atoms with Crippen molar-refractivity contribution in [2.45, 2.75) is 6.42 Å². The van der Waals surface area contributed by atoms with Gasteiger partial charge in [-0.1, -0.05) is 0 Å². The number of carbonyl (C=O) groups is 2. The van der Waals surface area contributed by atoms with Crippen LogP contribution in [0.2, 0.25) is 0 Å². The van der Waals surface area contributed by atoms with Crippen molar-refractivity contribution in [2.24, 2.45) is 0 Å². The maximum atomic E-state index is 10.1. The number of hydrogen-bond donors (Lipinski definition) is 0. The fraction of sp³-hybridized carbons (Fsp3) is 0.333. The molecule has 0 amide bonds. The van der Waals surface area contributed by atoms with Crippen LogP contribution >= 0.6 is 0 Å². The van der Waals surface area contributed by atoms with Crippen LogP contribution in [0.25, 0.3) is 0 Å². The van der Waals surface area contributed by atoms with Gasteiger partial charge >= 0.3 is 7.48 Å². The van der Waals surface area contributed by atoms with Crippen LogP contribution in [0.1, 0.15) is 6.42 Å². The zero-order chi connectivity index (χ0) is 5.28. The Morgan fingerprint density at radius 3 is 2.43 bits per heavy atom. The van der Waals surface area contributed by atoms with E-state index in [4.69, 9.17) is 0 Å². The van der Waals surface area contributed by atoms with Crippen molar-refractivity contribution < 1.29 is 14.2 Å². The lowest BCUT2D eigenvalue weighted by molar-refractivity contribution is -0.133. The van der Waals surface area contributed by atoms with Gasteiger partial charge in [0.1, 0.15) is 0 Å². The highest BCUT2D eigenvalue weighted by atomic mass is 16.5. The Bertz CT molecular complexity index is 105. The molecule has 1 rings (SSSR count). The fourth-order valence-electron chi connectivity index (χ4n) is 0.357. The molecule has 1 aliphatic rings. The molecule has 0 unspecified atom stereocenters. The van der Waals surface area contributed by atoms with E-state index in [9.17, 15) is 9.59 Å². The summed E-state index contributed by atoms with van der Waals surface area (Å²) in [5.41, 5.74) is -0.245. The highest BCUT2D eigenvalue weighted by Crippen LogP contribution is 1.94. The van der Waals surface area contributed by atoms with Gasteiger partial charge in [0.05, 0.1) is 6.42 Å². The molecule has 1 aliphatic heterocycles. The van der Waals surface area contributed by atoms with Crippen molar-refractivity contribution in [1.29, 1.82) is 0 Å². The molecule has 0 spiro atoms. The first-order valence-corrected chi connectivity index (χ1v) is 1.84. The average Bonchev–Trinajstić information content (AvgIpc) is 1.87. The van der Waals surface area contributed by atoms with E-state index >= 15 is 0 Å². The van der Waals surface area contributed by atoms with Gasteiger partial charge in [0, 0.05) is 0 Å². The predicted octanol–water partition coefficient (Wildman–Crippen LogP) is -0.921. The van der Waals surface area contributed by atoms with Crippen molar-refractivity contribution >= 4 is 19.1 Å². The molecule has 0 N–H and O–H groups in total. The molecule has 1 saturated heterocycles. The summed E-state index contributed by atoms with van der Waals surface area (Å²) >= 11 is 0. The second kappa shape index (κ2) is 1.37. The van der Waals surface area contributed by atoms with Gasteiger partial charge in [-0.2, -0.15) is 0 Å². The molecular formula is C3H2BO3. The van der Waals surface area contributed by atoms with Gasteiger partial charge in [0.2, 0.25) is 0 Å². The van der Waals surface area contributed by atoms with Crippen LogP contribution in [-0.2, 0) is 14.2 Å². The summed E-state index contributed by atoms with van der Waals surface area (Å²) in [6.45, 7) is 0. The van der Waals surface area contributed by atoms with Crippen LogP contribution in [-0.4, -0.2) is 19.1 Å². The fourth-order valence-corrected chi connectivity index (χ4v) is 0.357. The Hall–Kier alpha value is -0.795. The van der Waals surface area contributed by atoms with E-state index in [0.29, 0.717) is 0 Å². The minimum Gasteiger partial charge on any atom is -0.529 e. The van der Waals surface area contributed by atoms with Crippen molar-refractivity contribution in [1.82, 2.24) is 0 Å². The Morgan fingerprint density at radius 2 is 2.29 bits per heavy atom. The van der Waals surface area contributed by atoms with E-state index < -0.39 is 5.97 Å². The largest absolute Gasteiger partial charge is 0.529 e. The standard InChI is InChI=1S/C3H2BO3/c5-2-1-3(6)7-4-2/h1H2. The summed E-state index contributed by atoms with van der Waals surface area (Å²) < 4.78 is 4.15. The first-order chi connectivity index (χ1) is 3.29. The van der Waals surface area contributed by atoms with E-state index in [2.05, 4.69) is 4.65 Å². The van der Waals surface area contributed by atoms with Gasteiger partial charge in [0.15, 0.2) is 5.68 Å². The zero-order valence-electron chi connectivity index (χ0n) is 3.51. The molecule has 0 aromatic carbocycles. The Morgan fingerprint density at radius 1 is 1.57 bits per heavy atom. The van der Waals surface area contributed by atoms with E-state index in [1.807, 2.05) is 0 Å². The van der Waals surface area contributed by atoms with Crippen LogP contribution in [0.5, 0.6) is 0 Å². The van der Waals surface area contributed by atoms with Crippen LogP contribution in [0.3, 0.4) is 0 Å². The lowest BCUT2D eigenvalue weighted by Gasteiger charge is -1.79. The Kier molecular flexibility index (Phi) is 0.853. The number of carbonyl (C=O) groups excluding carboxylic acids is 2. The van der Waals surface area contributed by atoms with E-state index in [-0.39, 0.29) is 12.1 Å². The molecule has 1 fully saturated rings. The quantitative estimate of drug-likeness (QED) is 0.290. The minimum atomic E-state index is -0.454. The van der Waals surface area contributed by atoms with Gasteiger partial charge < -0.3 is 9.45 Å². The van der Waals surface area contributed by atoms with Crippen molar-refractivity contribution in [2.75, 3.05) is 0 Å². The molecule has 0 atom stereocenters. The summed E-state index contributed by atoms with van der Waals surface area (Å²) in [6.07, 6.45) is -0.0833. The van der Waals surface area contributed by atoms with Gasteiger partial charge in [-0.3, -0.25) is 4.79 Å². The maximum absolute atomic E-state index is 10.1. The van der Waals surface area contributed by atoms with Gasteiger partial charge in [-0.25, -0.2) is 0 Å². The highest BCUT2D eigenvalue weighted by molar-refractivity contribution is 6.74. The lowest BCUT2D eigenvalue weighted by atomic mass is 9.95. The van der Waals surface area contributed by atoms with Crippen LogP contribution in [0, 0.1) is 0 Å². The maximum Gasteiger partial charge on any atom is 0.453 e. The highest BCUT2D eigenvalue weighted by Gasteiger charge is 2.22. The smallest absolute Gasteiger partial charge is 0.453 e. The van der Waals surface area contributed by atoms with Crippen LogP contribution < -0.4 is 0 Å². The second-order valence-corrected chi connectivity index (χ2v) is 1.25. The predicted molar refractivity (Wildman–Crippen MR) is 21.5 cm³/mol. The molecule has 0 saturated carbocycles. The normalized spacial score (nSPS) is 18.9. The molecule has 0 aliphatic carbocycles. The molecule has 1 radical (unpaired) electrons. The van der Waals surface area contributed by atoms with Crippen molar-refractivity contribution in [3.05, 3.63) is 0 Å². The minimum absolute atomic E-state index is 0.0833. The summed E-state index contributed by atoms with van der Waals surface area (Å²) in [4.78, 5) is 20.0. The Balaban J connectivity index is 2.55. The summed E-state index contributed by atoms with van der Waals surface area (Å²) in [5.74, 6) is -0.454. The third-order valence-corrected chi connectivity index (χ3v) is 0.640. The van der Waals surface area contributed by atoms with E-state index in [1.54, 1.807) is 0 Å². The van der Waals surface area contributed by atoms with Crippen LogP contribution in [0.4, 0.5) is 0 Å². The van der Waals surface area contributed by atoms with E-state index in [1.165, 1.54) is 0 Å². The number of rotatable bonds is 0. The SMILES string of the molecule is O=C1[B]OC(=O)C1. The molecule has 0 aromatic rings. The first kappa shape index (κ1) is 4.37. The third kappa shape index (κ3) is 0.794. The van der Waals surface area contributed by atoms with Gasteiger partial charge in [0.25, 0.3) is 5.97 Å². The molecule has 1 heterocycles. The molecule has 0 bridgehead atoms. The zero-order valence-corrected chi connectivity index (χ0v) is 3.51. The molecule has 3 nitrogen and oxygen atoms in total. The van der Waals surface area contributed by atoms with Crippen molar-refractivity contribution in [3.63, 3.8) is 0 Å². The van der Waals surface area contributed by atoms with Gasteiger partial charge in [-0.15, -0.1) is 0 Å². The molecule has 7 heavy (non-hydrogen) atoms. The summed E-state index contributed by atoms with van der Waals surface area (Å²) in [7, 11) is 0.933. The molecule has 4 heteroatoms. The van der Waals surface area contributed by atoms with Crippen LogP contribution in [0.15, 0.2) is 0 Å². The summed E-state index contributed by atoms with van der Waals surface area (Å²) in [6, 6.07) is 0.